The molecule has 9 heteroatoms. The summed E-state index contributed by atoms with van der Waals surface area (Å²) in [5, 5.41) is 0.982. The molecule has 132 valence electrons. The fourth-order valence-electron chi connectivity index (χ4n) is 2.71. The maximum atomic E-state index is 13.1. The van der Waals surface area contributed by atoms with Gasteiger partial charge in [-0.1, -0.05) is 19.1 Å². The van der Waals surface area contributed by atoms with Gasteiger partial charge in [0.15, 0.2) is 5.71 Å². The van der Waals surface area contributed by atoms with Gasteiger partial charge in [0.25, 0.3) is 0 Å². The Kier molecular flexibility index (Phi) is 4.46. The van der Waals surface area contributed by atoms with Crippen LogP contribution in [0.1, 0.15) is 31.0 Å². The first-order chi connectivity index (χ1) is 11.7. The predicted molar refractivity (Wildman–Crippen MR) is 95.4 cm³/mol. The molecule has 0 amide bonds. The van der Waals surface area contributed by atoms with Crippen LogP contribution in [0, 0.1) is 0 Å². The van der Waals surface area contributed by atoms with Crippen LogP contribution < -0.4 is 5.73 Å². The Balaban J connectivity index is 2.02. The Morgan fingerprint density at radius 2 is 2.12 bits per heavy atom. The summed E-state index contributed by atoms with van der Waals surface area (Å²) in [4.78, 5) is 14.6. The van der Waals surface area contributed by atoms with Crippen molar-refractivity contribution < 1.29 is 13.2 Å². The zero-order valence-electron chi connectivity index (χ0n) is 13.6. The Labute approximate surface area is 147 Å². The zero-order valence-corrected chi connectivity index (χ0v) is 14.4. The van der Waals surface area contributed by atoms with Crippen molar-refractivity contribution in [3.63, 3.8) is 0 Å². The molecular weight excluding hydrogens is 351 g/mol. The molecule has 2 unspecified atom stereocenters. The third-order valence-corrected chi connectivity index (χ3v) is 4.59. The molecule has 0 saturated heterocycles. The molecule has 0 spiro atoms. The number of H-pyrrole nitrogens is 1. The number of aromatic nitrogens is 2. The average Bonchev–Trinajstić information content (AvgIpc) is 2.97. The minimum Gasteiger partial charge on any atom is -0.360 e. The number of nitrogens with two attached hydrogens (primary N) is 1. The maximum Gasteiger partial charge on any atom is 0.434 e. The van der Waals surface area contributed by atoms with E-state index in [0.29, 0.717) is 5.69 Å². The summed E-state index contributed by atoms with van der Waals surface area (Å²) in [6.07, 6.45) is -1.52. The van der Waals surface area contributed by atoms with Crippen molar-refractivity contribution in [3.8, 4) is 0 Å². The highest BCUT2D eigenvalue weighted by atomic mass is 32.1. The van der Waals surface area contributed by atoms with Gasteiger partial charge in [-0.3, -0.25) is 4.98 Å². The van der Waals surface area contributed by atoms with Crippen LogP contribution in [0.2, 0.25) is 0 Å². The Morgan fingerprint density at radius 1 is 1.40 bits per heavy atom. The van der Waals surface area contributed by atoms with Gasteiger partial charge in [-0.15, -0.1) is 0 Å². The molecule has 1 aliphatic rings. The van der Waals surface area contributed by atoms with Crippen LogP contribution in [0.5, 0.6) is 0 Å². The summed E-state index contributed by atoms with van der Waals surface area (Å²) in [6, 6.07) is 1.85. The highest BCUT2D eigenvalue weighted by molar-refractivity contribution is 7.82. The lowest BCUT2D eigenvalue weighted by molar-refractivity contribution is -0.0566. The van der Waals surface area contributed by atoms with E-state index in [4.69, 9.17) is 18.0 Å². The van der Waals surface area contributed by atoms with Crippen LogP contribution in [0.25, 0.3) is 10.9 Å². The number of aryl methyl sites for hydroxylation is 1. The molecular formula is C16H16F3N5S. The van der Waals surface area contributed by atoms with E-state index in [2.05, 4.69) is 20.0 Å². The van der Waals surface area contributed by atoms with E-state index in [1.165, 1.54) is 0 Å². The molecule has 25 heavy (non-hydrogen) atoms. The quantitative estimate of drug-likeness (QED) is 0.817. The topological polar surface area (TPSA) is 79.4 Å². The van der Waals surface area contributed by atoms with Gasteiger partial charge in [0, 0.05) is 11.6 Å². The SMILES string of the molecule is CCc1c[nH]c2cnc(C(C)C3=NC(N)C(=S)C(C(F)(F)F)=N3)cc12. The summed E-state index contributed by atoms with van der Waals surface area (Å²) in [5.74, 6) is -0.565. The van der Waals surface area contributed by atoms with Gasteiger partial charge in [0.1, 0.15) is 12.0 Å². The van der Waals surface area contributed by atoms with E-state index in [1.54, 1.807) is 13.1 Å². The smallest absolute Gasteiger partial charge is 0.360 e. The number of aromatic amines is 1. The number of nitrogens with zero attached hydrogens (tertiary/aromatic N) is 3. The first-order valence-electron chi connectivity index (χ1n) is 7.71. The first-order valence-corrected chi connectivity index (χ1v) is 8.12. The van der Waals surface area contributed by atoms with E-state index in [9.17, 15) is 13.2 Å². The highest BCUT2D eigenvalue weighted by Crippen LogP contribution is 2.27. The van der Waals surface area contributed by atoms with Gasteiger partial charge in [0.2, 0.25) is 0 Å². The van der Waals surface area contributed by atoms with Gasteiger partial charge in [-0.25, -0.2) is 9.98 Å². The van der Waals surface area contributed by atoms with Crippen LogP contribution in [-0.4, -0.2) is 38.7 Å². The second-order valence-electron chi connectivity index (χ2n) is 5.80. The van der Waals surface area contributed by atoms with Crippen molar-refractivity contribution in [1.82, 2.24) is 9.97 Å². The fraction of sp³-hybridized carbons (Fsp3) is 0.375. The lowest BCUT2D eigenvalue weighted by Gasteiger charge is -2.22. The van der Waals surface area contributed by atoms with Crippen LogP contribution in [0.15, 0.2) is 28.4 Å². The number of fused-ring (bicyclic) bond motifs is 1. The van der Waals surface area contributed by atoms with Gasteiger partial charge < -0.3 is 10.7 Å². The summed E-state index contributed by atoms with van der Waals surface area (Å²) in [7, 11) is 0. The number of hydrogen-bond donors (Lipinski definition) is 2. The Morgan fingerprint density at radius 3 is 2.76 bits per heavy atom. The van der Waals surface area contributed by atoms with Crippen molar-refractivity contribution in [2.75, 3.05) is 0 Å². The van der Waals surface area contributed by atoms with Crippen LogP contribution in [0.3, 0.4) is 0 Å². The van der Waals surface area contributed by atoms with E-state index >= 15 is 0 Å². The zero-order chi connectivity index (χ0) is 18.4. The molecule has 5 nitrogen and oxygen atoms in total. The summed E-state index contributed by atoms with van der Waals surface area (Å²) in [6.45, 7) is 3.72. The molecule has 3 N–H and O–H groups in total. The minimum absolute atomic E-state index is 0.0196. The molecule has 2 atom stereocenters. The van der Waals surface area contributed by atoms with Gasteiger partial charge in [-0.05, 0) is 25.0 Å². The largest absolute Gasteiger partial charge is 0.434 e. The number of nitrogens with one attached hydrogen (secondary N) is 1. The molecule has 3 rings (SSSR count). The second kappa shape index (κ2) is 6.30. The minimum atomic E-state index is -4.66. The Bertz CT molecular complexity index is 897. The molecule has 2 aromatic rings. The van der Waals surface area contributed by atoms with E-state index in [-0.39, 0.29) is 5.84 Å². The van der Waals surface area contributed by atoms with Crippen molar-refractivity contribution in [1.29, 1.82) is 0 Å². The molecule has 0 saturated carbocycles. The fourth-order valence-corrected chi connectivity index (χ4v) is 2.92. The standard InChI is InChI=1S/C16H16F3N5S/c1-3-8-5-21-11-6-22-10(4-9(8)11)7(2)15-23-13(16(17,18)19)12(25)14(20)24-15/h4-7,14,21H,3,20H2,1-2H3. The lowest BCUT2D eigenvalue weighted by atomic mass is 10.0. The first kappa shape index (κ1) is 17.7. The molecule has 1 aliphatic heterocycles. The molecule has 0 bridgehead atoms. The number of rotatable bonds is 3. The Hall–Kier alpha value is -2.13. The summed E-state index contributed by atoms with van der Waals surface area (Å²) < 4.78 is 39.4. The van der Waals surface area contributed by atoms with Gasteiger partial charge in [0.05, 0.1) is 28.2 Å². The van der Waals surface area contributed by atoms with Crippen LogP contribution in [-0.2, 0) is 6.42 Å². The number of alkyl halides is 3. The number of halogens is 3. The number of aliphatic imine (C=N–C) groups is 2. The second-order valence-corrected chi connectivity index (χ2v) is 6.24. The van der Waals surface area contributed by atoms with Crippen molar-refractivity contribution in [2.24, 2.45) is 15.7 Å². The molecule has 0 fully saturated rings. The van der Waals surface area contributed by atoms with Crippen molar-refractivity contribution in [3.05, 3.63) is 29.7 Å². The van der Waals surface area contributed by atoms with E-state index < -0.39 is 28.8 Å². The van der Waals surface area contributed by atoms with Crippen molar-refractivity contribution in [2.45, 2.75) is 38.5 Å². The number of amidine groups is 1. The van der Waals surface area contributed by atoms with Crippen LogP contribution >= 0.6 is 12.2 Å². The molecule has 3 heterocycles. The van der Waals surface area contributed by atoms with E-state index in [0.717, 1.165) is 22.9 Å². The molecule has 2 aromatic heterocycles. The average molecular weight is 367 g/mol. The normalized spacial score (nSPS) is 19.8. The van der Waals surface area contributed by atoms with Gasteiger partial charge in [-0.2, -0.15) is 13.2 Å². The summed E-state index contributed by atoms with van der Waals surface area (Å²) in [5.41, 5.74) is 7.06. The number of thiocarbonyl (C=S) groups is 1. The molecule has 0 aromatic carbocycles. The van der Waals surface area contributed by atoms with Crippen molar-refractivity contribution >= 4 is 39.5 Å². The number of pyridine rings is 1. The lowest BCUT2D eigenvalue weighted by Crippen LogP contribution is -2.44. The number of hydrogen-bond acceptors (Lipinski definition) is 5. The predicted octanol–water partition coefficient (Wildman–Crippen LogP) is 3.30. The monoisotopic (exact) mass is 367 g/mol. The third-order valence-electron chi connectivity index (χ3n) is 4.15. The van der Waals surface area contributed by atoms with E-state index in [1.807, 2.05) is 19.2 Å². The molecule has 0 aliphatic carbocycles. The highest BCUT2D eigenvalue weighted by Gasteiger charge is 2.42. The molecule has 0 radical (unpaired) electrons. The maximum absolute atomic E-state index is 13.1. The summed E-state index contributed by atoms with van der Waals surface area (Å²) >= 11 is 4.74. The van der Waals surface area contributed by atoms with Crippen LogP contribution in [0.4, 0.5) is 13.2 Å². The third kappa shape index (κ3) is 3.21. The van der Waals surface area contributed by atoms with Gasteiger partial charge >= 0.3 is 6.18 Å².